The maximum atomic E-state index is 14.0. The summed E-state index contributed by atoms with van der Waals surface area (Å²) in [4.78, 5) is 10.8. The number of nitrogens with zero attached hydrogens (tertiary/aromatic N) is 1. The van der Waals surface area contributed by atoms with Gasteiger partial charge in [-0.25, -0.2) is 12.8 Å². The summed E-state index contributed by atoms with van der Waals surface area (Å²) in [5.74, 6) is -1.91. The maximum absolute atomic E-state index is 14.0. The number of carbonyl (C=O) groups is 1. The van der Waals surface area contributed by atoms with Crippen LogP contribution in [0.4, 0.5) is 10.1 Å². The highest BCUT2D eigenvalue weighted by atomic mass is 79.9. The van der Waals surface area contributed by atoms with E-state index in [4.69, 9.17) is 5.11 Å². The molecule has 0 amide bonds. The molecule has 0 bridgehead atoms. The molecule has 0 unspecified atom stereocenters. The minimum Gasteiger partial charge on any atom is -0.481 e. The third-order valence-corrected chi connectivity index (χ3v) is 5.41. The van der Waals surface area contributed by atoms with Crippen molar-refractivity contribution in [2.24, 2.45) is 0 Å². The standard InChI is InChI=1S/C15H13BrFNO4S/c16-11-5-7-12(8-6-11)23(21,22)18(10-9-15(19)20)14-4-2-1-3-13(14)17/h1-8H,9-10H2,(H,19,20). The zero-order valence-corrected chi connectivity index (χ0v) is 14.2. The van der Waals surface area contributed by atoms with Crippen molar-refractivity contribution in [3.05, 3.63) is 58.8 Å². The van der Waals surface area contributed by atoms with Crippen molar-refractivity contribution in [2.45, 2.75) is 11.3 Å². The monoisotopic (exact) mass is 401 g/mol. The third kappa shape index (κ3) is 4.08. The van der Waals surface area contributed by atoms with Gasteiger partial charge in [0, 0.05) is 11.0 Å². The van der Waals surface area contributed by atoms with Crippen LogP contribution in [-0.4, -0.2) is 26.0 Å². The number of anilines is 1. The molecule has 0 aliphatic rings. The summed E-state index contributed by atoms with van der Waals surface area (Å²) in [5.41, 5.74) is -0.184. The number of rotatable bonds is 6. The largest absolute Gasteiger partial charge is 0.481 e. The van der Waals surface area contributed by atoms with E-state index in [0.717, 1.165) is 10.4 Å². The smallest absolute Gasteiger partial charge is 0.305 e. The van der Waals surface area contributed by atoms with E-state index in [-0.39, 0.29) is 17.1 Å². The summed E-state index contributed by atoms with van der Waals surface area (Å²) < 4.78 is 41.0. The van der Waals surface area contributed by atoms with Crippen LogP contribution in [0.25, 0.3) is 0 Å². The van der Waals surface area contributed by atoms with Crippen LogP contribution in [0.5, 0.6) is 0 Å². The second-order valence-corrected chi connectivity index (χ2v) is 7.40. The maximum Gasteiger partial charge on any atom is 0.305 e. The third-order valence-electron chi connectivity index (χ3n) is 3.05. The van der Waals surface area contributed by atoms with Crippen molar-refractivity contribution >= 4 is 37.6 Å². The highest BCUT2D eigenvalue weighted by molar-refractivity contribution is 9.10. The van der Waals surface area contributed by atoms with Gasteiger partial charge < -0.3 is 5.11 Å². The van der Waals surface area contributed by atoms with E-state index in [1.54, 1.807) is 12.1 Å². The lowest BCUT2D eigenvalue weighted by molar-refractivity contribution is -0.136. The molecule has 23 heavy (non-hydrogen) atoms. The molecule has 5 nitrogen and oxygen atoms in total. The van der Waals surface area contributed by atoms with Gasteiger partial charge in [0.15, 0.2) is 0 Å². The fourth-order valence-corrected chi connectivity index (χ4v) is 3.69. The summed E-state index contributed by atoms with van der Waals surface area (Å²) in [6.07, 6.45) is -0.440. The van der Waals surface area contributed by atoms with Gasteiger partial charge >= 0.3 is 5.97 Å². The van der Waals surface area contributed by atoms with Gasteiger partial charge in [0.2, 0.25) is 0 Å². The van der Waals surface area contributed by atoms with Crippen molar-refractivity contribution in [1.29, 1.82) is 0 Å². The molecule has 2 rings (SSSR count). The molecule has 2 aromatic carbocycles. The summed E-state index contributed by atoms with van der Waals surface area (Å²) in [6, 6.07) is 11.2. The number of para-hydroxylation sites is 1. The number of benzene rings is 2. The van der Waals surface area contributed by atoms with E-state index >= 15 is 0 Å². The van der Waals surface area contributed by atoms with E-state index in [2.05, 4.69) is 15.9 Å². The Labute approximate surface area is 141 Å². The van der Waals surface area contributed by atoms with Crippen LogP contribution >= 0.6 is 15.9 Å². The Hall–Kier alpha value is -1.93. The SMILES string of the molecule is O=C(O)CCN(c1ccccc1F)S(=O)(=O)c1ccc(Br)cc1. The van der Waals surface area contributed by atoms with Crippen LogP contribution in [0.15, 0.2) is 57.9 Å². The molecular formula is C15H13BrFNO4S. The molecule has 0 aliphatic heterocycles. The zero-order valence-electron chi connectivity index (χ0n) is 11.8. The van der Waals surface area contributed by atoms with Gasteiger partial charge in [-0.15, -0.1) is 0 Å². The Balaban J connectivity index is 2.50. The number of halogens is 2. The lowest BCUT2D eigenvalue weighted by Gasteiger charge is -2.24. The van der Waals surface area contributed by atoms with Crippen LogP contribution in [0, 0.1) is 5.82 Å². The summed E-state index contributed by atoms with van der Waals surface area (Å²) in [6.45, 7) is -0.366. The molecule has 0 heterocycles. The fraction of sp³-hybridized carbons (Fsp3) is 0.133. The van der Waals surface area contributed by atoms with Gasteiger partial charge in [0.05, 0.1) is 17.0 Å². The van der Waals surface area contributed by atoms with Gasteiger partial charge in [-0.05, 0) is 36.4 Å². The van der Waals surface area contributed by atoms with Crippen LogP contribution in [-0.2, 0) is 14.8 Å². The lowest BCUT2D eigenvalue weighted by Crippen LogP contribution is -2.33. The van der Waals surface area contributed by atoms with Gasteiger partial charge in [-0.2, -0.15) is 0 Å². The quantitative estimate of drug-likeness (QED) is 0.805. The minimum atomic E-state index is -4.08. The Kier molecular flexibility index (Phi) is 5.38. The van der Waals surface area contributed by atoms with Gasteiger partial charge in [0.25, 0.3) is 10.0 Å². The topological polar surface area (TPSA) is 74.7 Å². The first-order chi connectivity index (χ1) is 10.8. The van der Waals surface area contributed by atoms with Crippen molar-refractivity contribution in [2.75, 3.05) is 10.8 Å². The van der Waals surface area contributed by atoms with Crippen molar-refractivity contribution in [1.82, 2.24) is 0 Å². The first-order valence-corrected chi connectivity index (χ1v) is 8.80. The predicted octanol–water partition coefficient (Wildman–Crippen LogP) is 3.26. The molecule has 8 heteroatoms. The Morgan fingerprint density at radius 3 is 2.30 bits per heavy atom. The molecule has 0 spiro atoms. The molecule has 0 aromatic heterocycles. The van der Waals surface area contributed by atoms with E-state index in [9.17, 15) is 17.6 Å². The molecular weight excluding hydrogens is 389 g/mol. The van der Waals surface area contributed by atoms with Crippen LogP contribution in [0.1, 0.15) is 6.42 Å². The molecule has 2 aromatic rings. The van der Waals surface area contributed by atoms with Crippen LogP contribution < -0.4 is 4.31 Å². The van der Waals surface area contributed by atoms with E-state index in [0.29, 0.717) is 4.47 Å². The second-order valence-electron chi connectivity index (χ2n) is 4.63. The van der Waals surface area contributed by atoms with Crippen molar-refractivity contribution in [3.8, 4) is 0 Å². The van der Waals surface area contributed by atoms with Crippen molar-refractivity contribution < 1.29 is 22.7 Å². The predicted molar refractivity (Wildman–Crippen MR) is 87.3 cm³/mol. The Morgan fingerprint density at radius 2 is 1.74 bits per heavy atom. The van der Waals surface area contributed by atoms with Gasteiger partial charge in [0.1, 0.15) is 5.82 Å². The number of aliphatic carboxylic acids is 1. The molecule has 0 fully saturated rings. The van der Waals surface area contributed by atoms with E-state index in [1.165, 1.54) is 30.3 Å². The molecule has 122 valence electrons. The van der Waals surface area contributed by atoms with Crippen LogP contribution in [0.2, 0.25) is 0 Å². The summed E-state index contributed by atoms with van der Waals surface area (Å²) in [7, 11) is -4.08. The molecule has 0 saturated carbocycles. The van der Waals surface area contributed by atoms with E-state index in [1.807, 2.05) is 0 Å². The number of hydrogen-bond donors (Lipinski definition) is 1. The molecule has 0 aliphatic carbocycles. The molecule has 1 N–H and O–H groups in total. The molecule has 0 radical (unpaired) electrons. The first kappa shape index (κ1) is 17.4. The molecule has 0 saturated heterocycles. The average molecular weight is 402 g/mol. The van der Waals surface area contributed by atoms with Gasteiger partial charge in [-0.3, -0.25) is 9.10 Å². The number of carboxylic acids is 1. The van der Waals surface area contributed by atoms with Crippen LogP contribution in [0.3, 0.4) is 0 Å². The summed E-state index contributed by atoms with van der Waals surface area (Å²) >= 11 is 3.21. The normalized spacial score (nSPS) is 11.2. The number of carboxylic acid groups (broad SMARTS) is 1. The number of hydrogen-bond acceptors (Lipinski definition) is 3. The van der Waals surface area contributed by atoms with E-state index < -0.39 is 28.2 Å². The fourth-order valence-electron chi connectivity index (χ4n) is 1.96. The highest BCUT2D eigenvalue weighted by Gasteiger charge is 2.27. The average Bonchev–Trinajstić information content (AvgIpc) is 2.49. The first-order valence-electron chi connectivity index (χ1n) is 6.57. The highest BCUT2D eigenvalue weighted by Crippen LogP contribution is 2.27. The Bertz CT molecular complexity index is 808. The zero-order chi connectivity index (χ0) is 17.0. The molecule has 0 atom stereocenters. The van der Waals surface area contributed by atoms with Crippen molar-refractivity contribution in [3.63, 3.8) is 0 Å². The minimum absolute atomic E-state index is 0.0469. The van der Waals surface area contributed by atoms with Gasteiger partial charge in [-0.1, -0.05) is 28.1 Å². The number of sulfonamides is 1. The Morgan fingerprint density at radius 1 is 1.13 bits per heavy atom. The lowest BCUT2D eigenvalue weighted by atomic mass is 10.3. The second kappa shape index (κ2) is 7.10. The summed E-state index contributed by atoms with van der Waals surface area (Å²) in [5, 5.41) is 8.83.